The Hall–Kier alpha value is -3.35. The summed E-state index contributed by atoms with van der Waals surface area (Å²) < 4.78 is 11.2. The lowest BCUT2D eigenvalue weighted by Gasteiger charge is -2.40. The van der Waals surface area contributed by atoms with Crippen molar-refractivity contribution in [3.8, 4) is 34.3 Å². The van der Waals surface area contributed by atoms with E-state index >= 15 is 0 Å². The number of hydrogen-bond acceptors (Lipinski definition) is 11. The average Bonchev–Trinajstić information content (AvgIpc) is 2.74. The van der Waals surface area contributed by atoms with Crippen LogP contribution in [0.5, 0.6) is 23.0 Å². The molecule has 11 heteroatoms. The third kappa shape index (κ3) is 3.42. The van der Waals surface area contributed by atoms with Crippen molar-refractivity contribution in [2.45, 2.75) is 30.5 Å². The average molecular weight is 447 g/mol. The fraction of sp³-hybridized carbons (Fsp3) is 0.286. The second kappa shape index (κ2) is 7.97. The molecule has 1 saturated heterocycles. The lowest BCUT2D eigenvalue weighted by molar-refractivity contribution is -0.270. The molecule has 0 amide bonds. The molecule has 3 aromatic rings. The van der Waals surface area contributed by atoms with Crippen LogP contribution in [0.25, 0.3) is 22.3 Å². The monoisotopic (exact) mass is 447 g/mol. The van der Waals surface area contributed by atoms with Gasteiger partial charge in [-0.2, -0.15) is 0 Å². The summed E-state index contributed by atoms with van der Waals surface area (Å²) in [5, 5.41) is 81.6. The molecule has 5 atom stereocenters. The number of phenols is 3. The van der Waals surface area contributed by atoms with Gasteiger partial charge in [-0.25, -0.2) is 0 Å². The van der Waals surface area contributed by atoms with Gasteiger partial charge in [0.25, 0.3) is 0 Å². The first-order valence-electron chi connectivity index (χ1n) is 9.47. The van der Waals surface area contributed by atoms with Crippen LogP contribution in [-0.2, 0) is 4.74 Å². The normalized spacial score (nSPS) is 25.8. The maximum Gasteiger partial charge on any atom is 0.197 e. The molecule has 2 aromatic carbocycles. The molecule has 0 radical (unpaired) electrons. The van der Waals surface area contributed by atoms with Crippen LogP contribution in [0.15, 0.2) is 39.5 Å². The van der Waals surface area contributed by atoms with E-state index in [9.17, 15) is 45.6 Å². The number of rotatable bonds is 3. The lowest BCUT2D eigenvalue weighted by Crippen LogP contribution is -2.55. The van der Waals surface area contributed by atoms with E-state index in [0.717, 1.165) is 24.3 Å². The highest BCUT2D eigenvalue weighted by atomic mass is 16.5. The van der Waals surface area contributed by atoms with Crippen molar-refractivity contribution in [3.63, 3.8) is 0 Å². The fourth-order valence-corrected chi connectivity index (χ4v) is 3.75. The molecule has 1 aliphatic rings. The van der Waals surface area contributed by atoms with Crippen LogP contribution >= 0.6 is 0 Å². The van der Waals surface area contributed by atoms with Gasteiger partial charge in [0, 0.05) is 17.7 Å². The Bertz CT molecular complexity index is 1230. The zero-order chi connectivity index (χ0) is 23.3. The van der Waals surface area contributed by atoms with Crippen LogP contribution in [0.4, 0.5) is 0 Å². The van der Waals surface area contributed by atoms with E-state index in [1.54, 1.807) is 0 Å². The van der Waals surface area contributed by atoms with Crippen LogP contribution in [0, 0.1) is 0 Å². The van der Waals surface area contributed by atoms with Crippen LogP contribution in [0.3, 0.4) is 0 Å². The van der Waals surface area contributed by atoms with E-state index in [4.69, 9.17) is 9.15 Å². The standard InChI is InChI=1S/C21H20O11/c22-6-14-17(28)18(29)19(30)21(32-14)16-11(26)4-10(25)15-12(27)5-13(31-20(15)16)7-1-2-8(23)9(24)3-7/h1-5,14,17-19,21-26,28-30H,6H2/p-1/t14-,17-,18+,19-,21+/m1/s1. The Morgan fingerprint density at radius 3 is 2.28 bits per heavy atom. The van der Waals surface area contributed by atoms with Gasteiger partial charge in [0.15, 0.2) is 11.0 Å². The Kier molecular flexibility index (Phi) is 5.44. The zero-order valence-electron chi connectivity index (χ0n) is 16.2. The highest BCUT2D eigenvalue weighted by Crippen LogP contribution is 2.43. The number of aromatic hydroxyl groups is 3. The second-order valence-corrected chi connectivity index (χ2v) is 7.44. The summed E-state index contributed by atoms with van der Waals surface area (Å²) in [6, 6.07) is 5.21. The van der Waals surface area contributed by atoms with Gasteiger partial charge < -0.3 is 50.0 Å². The number of ether oxygens (including phenoxy) is 1. The Morgan fingerprint density at radius 1 is 0.906 bits per heavy atom. The van der Waals surface area contributed by atoms with Crippen molar-refractivity contribution in [1.29, 1.82) is 0 Å². The summed E-state index contributed by atoms with van der Waals surface area (Å²) in [6.45, 7) is -0.728. The number of aliphatic hydroxyl groups is 4. The summed E-state index contributed by atoms with van der Waals surface area (Å²) in [4.78, 5) is 12.8. The second-order valence-electron chi connectivity index (χ2n) is 7.44. The number of phenolic OH excluding ortho intramolecular Hbond substituents is 3. The van der Waals surface area contributed by atoms with Gasteiger partial charge in [0.2, 0.25) is 0 Å². The Balaban J connectivity index is 1.97. The fourth-order valence-electron chi connectivity index (χ4n) is 3.75. The lowest BCUT2D eigenvalue weighted by atomic mass is 9.89. The first-order valence-corrected chi connectivity index (χ1v) is 9.47. The molecule has 32 heavy (non-hydrogen) atoms. The van der Waals surface area contributed by atoms with E-state index < -0.39 is 71.1 Å². The Morgan fingerprint density at radius 2 is 1.62 bits per heavy atom. The van der Waals surface area contributed by atoms with Gasteiger partial charge in [0.1, 0.15) is 58.9 Å². The van der Waals surface area contributed by atoms with E-state index in [0.29, 0.717) is 0 Å². The molecule has 0 bridgehead atoms. The summed E-state index contributed by atoms with van der Waals surface area (Å²) >= 11 is 0. The first-order chi connectivity index (χ1) is 15.1. The first kappa shape index (κ1) is 21.9. The minimum absolute atomic E-state index is 0.128. The highest BCUT2D eigenvalue weighted by molar-refractivity contribution is 5.89. The summed E-state index contributed by atoms with van der Waals surface area (Å²) in [7, 11) is 0. The molecule has 11 nitrogen and oxygen atoms in total. The number of aliphatic hydroxyl groups excluding tert-OH is 4. The van der Waals surface area contributed by atoms with Crippen LogP contribution in [0.1, 0.15) is 11.7 Å². The van der Waals surface area contributed by atoms with E-state index in [1.807, 2.05) is 0 Å². The number of fused-ring (bicyclic) bond motifs is 1. The van der Waals surface area contributed by atoms with Crippen LogP contribution < -0.4 is 10.5 Å². The third-order valence-electron chi connectivity index (χ3n) is 5.42. The molecular formula is C21H19O11-. The van der Waals surface area contributed by atoms with Gasteiger partial charge >= 0.3 is 0 Å². The molecule has 0 aliphatic carbocycles. The predicted octanol–water partition coefficient (Wildman–Crippen LogP) is -0.835. The van der Waals surface area contributed by atoms with Gasteiger partial charge in [-0.15, -0.1) is 0 Å². The van der Waals surface area contributed by atoms with Crippen LogP contribution in [-0.4, -0.2) is 66.8 Å². The van der Waals surface area contributed by atoms with Gasteiger partial charge in [-0.1, -0.05) is 17.9 Å². The summed E-state index contributed by atoms with van der Waals surface area (Å²) in [6.07, 6.45) is -8.11. The van der Waals surface area contributed by atoms with E-state index in [2.05, 4.69) is 0 Å². The molecule has 0 spiro atoms. The quantitative estimate of drug-likeness (QED) is 0.264. The summed E-state index contributed by atoms with van der Waals surface area (Å²) in [5.74, 6) is -2.69. The highest BCUT2D eigenvalue weighted by Gasteiger charge is 2.46. The largest absolute Gasteiger partial charge is 0.870 e. The smallest absolute Gasteiger partial charge is 0.197 e. The molecule has 4 rings (SSSR count). The van der Waals surface area contributed by atoms with Crippen molar-refractivity contribution in [2.24, 2.45) is 0 Å². The molecule has 170 valence electrons. The molecule has 1 fully saturated rings. The number of hydrogen-bond donors (Lipinski definition) is 7. The maximum atomic E-state index is 12.8. The minimum atomic E-state index is -1.80. The molecule has 2 heterocycles. The van der Waals surface area contributed by atoms with Gasteiger partial charge in [0.05, 0.1) is 12.2 Å². The van der Waals surface area contributed by atoms with E-state index in [-0.39, 0.29) is 22.3 Å². The van der Waals surface area contributed by atoms with Crippen molar-refractivity contribution in [2.75, 3.05) is 6.61 Å². The van der Waals surface area contributed by atoms with Crippen molar-refractivity contribution in [1.82, 2.24) is 0 Å². The molecule has 0 saturated carbocycles. The zero-order valence-corrected chi connectivity index (χ0v) is 16.2. The minimum Gasteiger partial charge on any atom is -0.870 e. The van der Waals surface area contributed by atoms with E-state index in [1.165, 1.54) is 6.07 Å². The van der Waals surface area contributed by atoms with Crippen molar-refractivity contribution < 1.29 is 50.0 Å². The maximum absolute atomic E-state index is 12.8. The number of benzene rings is 2. The molecule has 7 N–H and O–H groups in total. The molecule has 1 aromatic heterocycles. The topological polar surface area (TPSA) is 204 Å². The molecule has 1 aliphatic heterocycles. The molecular weight excluding hydrogens is 428 g/mol. The van der Waals surface area contributed by atoms with Crippen molar-refractivity contribution >= 4 is 11.0 Å². The SMILES string of the molecule is O=c1cc(-c2ccc([O-])c(O)c2)oc2c([C@@H]3O[C@H](CO)[C@@H](O)[C@H](O)[C@H]3O)c(O)cc(O)c12. The predicted molar refractivity (Wildman–Crippen MR) is 105 cm³/mol. The van der Waals surface area contributed by atoms with Crippen LogP contribution in [0.2, 0.25) is 0 Å². The van der Waals surface area contributed by atoms with Gasteiger partial charge in [-0.3, -0.25) is 4.79 Å². The van der Waals surface area contributed by atoms with Gasteiger partial charge in [-0.05, 0) is 6.07 Å². The summed E-state index contributed by atoms with van der Waals surface area (Å²) in [5.41, 5.74) is -1.35. The Labute approximate surface area is 179 Å². The molecule has 0 unspecified atom stereocenters. The van der Waals surface area contributed by atoms with Crippen molar-refractivity contribution in [3.05, 3.63) is 46.1 Å². The third-order valence-corrected chi connectivity index (χ3v) is 5.42.